The highest BCUT2D eigenvalue weighted by atomic mass is 16.5. The van der Waals surface area contributed by atoms with Gasteiger partial charge in [0, 0.05) is 36.2 Å². The van der Waals surface area contributed by atoms with Crippen molar-refractivity contribution in [3.05, 3.63) is 81.8 Å². The van der Waals surface area contributed by atoms with Gasteiger partial charge in [-0.3, -0.25) is 9.59 Å². The van der Waals surface area contributed by atoms with Crippen molar-refractivity contribution in [2.45, 2.75) is 26.0 Å². The highest BCUT2D eigenvalue weighted by molar-refractivity contribution is 5.82. The summed E-state index contributed by atoms with van der Waals surface area (Å²) in [5, 5.41) is 0.657. The molecule has 0 fully saturated rings. The summed E-state index contributed by atoms with van der Waals surface area (Å²) in [6.07, 6.45) is 3.53. The van der Waals surface area contributed by atoms with Crippen LogP contribution in [0.25, 0.3) is 17.0 Å². The van der Waals surface area contributed by atoms with Gasteiger partial charge in [0.25, 0.3) is 0 Å². The number of nitrogens with zero attached hydrogens (tertiary/aromatic N) is 1. The van der Waals surface area contributed by atoms with E-state index in [0.29, 0.717) is 22.3 Å². The molecule has 3 aromatic rings. The maximum Gasteiger partial charge on any atom is 0.336 e. The number of rotatable bonds is 5. The van der Waals surface area contributed by atoms with E-state index in [1.807, 2.05) is 30.3 Å². The van der Waals surface area contributed by atoms with Crippen molar-refractivity contribution in [1.29, 1.82) is 0 Å². The third kappa shape index (κ3) is 4.21. The zero-order valence-corrected chi connectivity index (χ0v) is 17.2. The van der Waals surface area contributed by atoms with Crippen LogP contribution < -0.4 is 10.4 Å². The number of benzene rings is 2. The predicted molar refractivity (Wildman–Crippen MR) is 114 cm³/mol. The number of carbonyl (C=O) groups excluding carboxylic acids is 2. The molecular weight excluding hydrogens is 398 g/mol. The van der Waals surface area contributed by atoms with E-state index < -0.39 is 17.6 Å². The van der Waals surface area contributed by atoms with Gasteiger partial charge in [-0.05, 0) is 29.3 Å². The molecule has 0 aliphatic carbocycles. The standard InChI is InChI=1S/C24H21NO6/c1-15(26)25-10-9-16-5-3-4-6-19(16)21(25)13-23(27)30-14-17-11-24(28)31-22-12-18(29-2)7-8-20(17)22/h3-12,21H,13-14H2,1-2H3/t21-/m0/s1. The Balaban J connectivity index is 1.54. The van der Waals surface area contributed by atoms with Crippen molar-refractivity contribution < 1.29 is 23.5 Å². The molecule has 0 unspecified atom stereocenters. The Hall–Kier alpha value is -3.87. The van der Waals surface area contributed by atoms with E-state index in [1.54, 1.807) is 24.4 Å². The second kappa shape index (κ2) is 8.47. The number of fused-ring (bicyclic) bond motifs is 2. The Morgan fingerprint density at radius 3 is 2.71 bits per heavy atom. The molecule has 1 aliphatic heterocycles. The molecule has 31 heavy (non-hydrogen) atoms. The summed E-state index contributed by atoms with van der Waals surface area (Å²) in [6.45, 7) is 1.37. The van der Waals surface area contributed by atoms with E-state index in [-0.39, 0.29) is 18.9 Å². The summed E-state index contributed by atoms with van der Waals surface area (Å²) in [5.74, 6) is -0.0847. The molecule has 2 aromatic carbocycles. The summed E-state index contributed by atoms with van der Waals surface area (Å²) in [4.78, 5) is 38.2. The molecule has 0 spiro atoms. The molecule has 0 N–H and O–H groups in total. The number of ether oxygens (including phenoxy) is 2. The van der Waals surface area contributed by atoms with Gasteiger partial charge in [0.1, 0.15) is 17.9 Å². The topological polar surface area (TPSA) is 86.0 Å². The monoisotopic (exact) mass is 419 g/mol. The van der Waals surface area contributed by atoms with Gasteiger partial charge < -0.3 is 18.8 Å². The third-order valence-corrected chi connectivity index (χ3v) is 5.26. The minimum atomic E-state index is -0.541. The molecular formula is C24H21NO6. The van der Waals surface area contributed by atoms with E-state index >= 15 is 0 Å². The van der Waals surface area contributed by atoms with Crippen LogP contribution in [-0.2, 0) is 20.9 Å². The van der Waals surface area contributed by atoms with Crippen LogP contribution in [0.2, 0.25) is 0 Å². The van der Waals surface area contributed by atoms with Crippen molar-refractivity contribution in [2.24, 2.45) is 0 Å². The lowest BCUT2D eigenvalue weighted by Gasteiger charge is -2.32. The number of hydrogen-bond donors (Lipinski definition) is 0. The summed E-state index contributed by atoms with van der Waals surface area (Å²) in [7, 11) is 1.52. The van der Waals surface area contributed by atoms with Crippen LogP contribution in [0.5, 0.6) is 5.75 Å². The summed E-state index contributed by atoms with van der Waals surface area (Å²) in [5.41, 5.74) is 2.19. The van der Waals surface area contributed by atoms with Crippen LogP contribution in [0.15, 0.2) is 63.9 Å². The first kappa shape index (κ1) is 20.4. The fourth-order valence-electron chi connectivity index (χ4n) is 3.74. The van der Waals surface area contributed by atoms with Gasteiger partial charge in [0.15, 0.2) is 0 Å². The molecule has 1 atom stereocenters. The maximum absolute atomic E-state index is 12.7. The zero-order valence-electron chi connectivity index (χ0n) is 17.2. The van der Waals surface area contributed by atoms with E-state index in [9.17, 15) is 14.4 Å². The highest BCUT2D eigenvalue weighted by Gasteiger charge is 2.28. The van der Waals surface area contributed by atoms with Crippen LogP contribution in [0.3, 0.4) is 0 Å². The Labute approximate surface area is 178 Å². The molecule has 2 heterocycles. The second-order valence-corrected chi connectivity index (χ2v) is 7.20. The molecule has 1 aliphatic rings. The van der Waals surface area contributed by atoms with Crippen LogP contribution in [0, 0.1) is 0 Å². The summed E-state index contributed by atoms with van der Waals surface area (Å²) in [6, 6.07) is 13.6. The first-order chi connectivity index (χ1) is 15.0. The molecule has 0 bridgehead atoms. The second-order valence-electron chi connectivity index (χ2n) is 7.20. The predicted octanol–water partition coefficient (Wildman–Crippen LogP) is 3.81. The van der Waals surface area contributed by atoms with Crippen LogP contribution in [-0.4, -0.2) is 23.9 Å². The smallest absolute Gasteiger partial charge is 0.336 e. The van der Waals surface area contributed by atoms with Crippen molar-refractivity contribution >= 4 is 28.9 Å². The van der Waals surface area contributed by atoms with Crippen LogP contribution >= 0.6 is 0 Å². The fourth-order valence-corrected chi connectivity index (χ4v) is 3.74. The van der Waals surface area contributed by atoms with Gasteiger partial charge >= 0.3 is 11.6 Å². The summed E-state index contributed by atoms with van der Waals surface area (Å²) < 4.78 is 15.9. The van der Waals surface area contributed by atoms with Crippen molar-refractivity contribution in [1.82, 2.24) is 4.90 Å². The molecule has 1 amide bonds. The van der Waals surface area contributed by atoms with Gasteiger partial charge in [0.2, 0.25) is 5.91 Å². The average Bonchev–Trinajstić information content (AvgIpc) is 2.76. The van der Waals surface area contributed by atoms with Crippen LogP contribution in [0.4, 0.5) is 0 Å². The normalized spacial score (nSPS) is 14.9. The van der Waals surface area contributed by atoms with Gasteiger partial charge in [-0.25, -0.2) is 4.79 Å². The molecule has 7 heteroatoms. The van der Waals surface area contributed by atoms with Crippen molar-refractivity contribution in [3.63, 3.8) is 0 Å². The van der Waals surface area contributed by atoms with Gasteiger partial charge in [0.05, 0.1) is 19.6 Å². The molecule has 1 aromatic heterocycles. The van der Waals surface area contributed by atoms with Crippen molar-refractivity contribution in [2.75, 3.05) is 7.11 Å². The van der Waals surface area contributed by atoms with Gasteiger partial charge in [-0.2, -0.15) is 0 Å². The lowest BCUT2D eigenvalue weighted by atomic mass is 9.94. The van der Waals surface area contributed by atoms with Gasteiger partial charge in [-0.1, -0.05) is 24.3 Å². The van der Waals surface area contributed by atoms with Crippen LogP contribution in [0.1, 0.15) is 36.1 Å². The Morgan fingerprint density at radius 1 is 1.13 bits per heavy atom. The first-order valence-corrected chi connectivity index (χ1v) is 9.78. The Kier molecular flexibility index (Phi) is 5.58. The number of hydrogen-bond acceptors (Lipinski definition) is 6. The number of esters is 1. The SMILES string of the molecule is COc1ccc2c(COC(=O)C[C@H]3c4ccccc4C=CN3C(C)=O)cc(=O)oc2c1. The Bertz CT molecular complexity index is 1240. The quantitative estimate of drug-likeness (QED) is 0.462. The zero-order chi connectivity index (χ0) is 22.0. The number of carbonyl (C=O) groups is 2. The third-order valence-electron chi connectivity index (χ3n) is 5.26. The fraction of sp³-hybridized carbons (Fsp3) is 0.208. The summed E-state index contributed by atoms with van der Waals surface area (Å²) >= 11 is 0. The Morgan fingerprint density at radius 2 is 1.94 bits per heavy atom. The molecule has 0 saturated heterocycles. The minimum absolute atomic E-state index is 0.00582. The lowest BCUT2D eigenvalue weighted by Crippen LogP contribution is -2.32. The van der Waals surface area contributed by atoms with Crippen molar-refractivity contribution in [3.8, 4) is 5.75 Å². The van der Waals surface area contributed by atoms with E-state index in [2.05, 4.69) is 0 Å². The minimum Gasteiger partial charge on any atom is -0.497 e. The molecule has 0 saturated carbocycles. The van der Waals surface area contributed by atoms with E-state index in [4.69, 9.17) is 13.9 Å². The number of amides is 1. The molecule has 158 valence electrons. The highest BCUT2D eigenvalue weighted by Crippen LogP contribution is 2.33. The average molecular weight is 419 g/mol. The van der Waals surface area contributed by atoms with E-state index in [0.717, 1.165) is 11.1 Å². The van der Waals surface area contributed by atoms with Gasteiger partial charge in [-0.15, -0.1) is 0 Å². The largest absolute Gasteiger partial charge is 0.497 e. The number of methoxy groups -OCH3 is 1. The maximum atomic E-state index is 12.7. The van der Waals surface area contributed by atoms with E-state index in [1.165, 1.54) is 25.0 Å². The lowest BCUT2D eigenvalue weighted by molar-refractivity contribution is -0.146. The molecule has 7 nitrogen and oxygen atoms in total. The first-order valence-electron chi connectivity index (χ1n) is 9.78. The molecule has 4 rings (SSSR count). The molecule has 0 radical (unpaired) electrons.